The highest BCUT2D eigenvalue weighted by Gasteiger charge is 2.20. The highest BCUT2D eigenvalue weighted by molar-refractivity contribution is 6.04. The number of fused-ring (bicyclic) bond motifs is 4. The van der Waals surface area contributed by atoms with Crippen molar-refractivity contribution >= 4 is 33.2 Å². The second-order valence-corrected chi connectivity index (χ2v) is 8.12. The molecule has 3 heterocycles. The highest BCUT2D eigenvalue weighted by atomic mass is 16.1. The third kappa shape index (κ3) is 3.71. The molecule has 3 aromatic heterocycles. The molecule has 1 aromatic carbocycles. The minimum Gasteiger partial charge on any atom is -0.308 e. The molecule has 30 heavy (non-hydrogen) atoms. The SMILES string of the molecule is CCCCCCCn1c(C)nc2c(c1=O)c1nc3ccccc3nc1n2CCCC. The van der Waals surface area contributed by atoms with Gasteiger partial charge in [0.05, 0.1) is 11.0 Å². The van der Waals surface area contributed by atoms with Crippen LogP contribution >= 0.6 is 0 Å². The first-order chi connectivity index (χ1) is 14.7. The predicted molar refractivity (Wildman–Crippen MR) is 123 cm³/mol. The number of aryl methyl sites for hydroxylation is 2. The molecule has 4 rings (SSSR count). The van der Waals surface area contributed by atoms with Crippen LogP contribution in [0.25, 0.3) is 33.2 Å². The average Bonchev–Trinajstić information content (AvgIpc) is 3.04. The van der Waals surface area contributed by atoms with Gasteiger partial charge in [0.2, 0.25) is 0 Å². The standard InChI is InChI=1S/C24H31N5O/c1-4-6-8-9-12-16-28-17(3)25-22-20(24(28)30)21-23(29(22)15-7-5-2)27-19-14-11-10-13-18(19)26-21/h10-11,13-14H,4-9,12,15-16H2,1-3H3. The number of nitrogens with zero attached hydrogens (tertiary/aromatic N) is 5. The van der Waals surface area contributed by atoms with Gasteiger partial charge < -0.3 is 4.57 Å². The van der Waals surface area contributed by atoms with E-state index in [2.05, 4.69) is 18.4 Å². The van der Waals surface area contributed by atoms with Gasteiger partial charge in [0.1, 0.15) is 16.7 Å². The third-order valence-corrected chi connectivity index (χ3v) is 5.86. The Bertz CT molecular complexity index is 1240. The Morgan fingerprint density at radius 2 is 1.43 bits per heavy atom. The highest BCUT2D eigenvalue weighted by Crippen LogP contribution is 2.26. The summed E-state index contributed by atoms with van der Waals surface area (Å²) in [5, 5.41) is 0.610. The lowest BCUT2D eigenvalue weighted by molar-refractivity contribution is 0.545. The summed E-state index contributed by atoms with van der Waals surface area (Å²) in [7, 11) is 0. The number of benzene rings is 1. The molecule has 0 bridgehead atoms. The summed E-state index contributed by atoms with van der Waals surface area (Å²) < 4.78 is 3.92. The molecular formula is C24H31N5O. The maximum Gasteiger partial charge on any atom is 0.265 e. The summed E-state index contributed by atoms with van der Waals surface area (Å²) in [4.78, 5) is 28.2. The Hall–Kier alpha value is -2.76. The Kier molecular flexibility index (Phi) is 6.11. The molecule has 0 fully saturated rings. The van der Waals surface area contributed by atoms with Gasteiger partial charge in [-0.05, 0) is 31.9 Å². The van der Waals surface area contributed by atoms with Crippen LogP contribution in [0.5, 0.6) is 0 Å². The third-order valence-electron chi connectivity index (χ3n) is 5.86. The number of hydrogen-bond acceptors (Lipinski definition) is 4. The van der Waals surface area contributed by atoms with E-state index in [0.29, 0.717) is 17.4 Å². The quantitative estimate of drug-likeness (QED) is 0.351. The number of aromatic nitrogens is 5. The lowest BCUT2D eigenvalue weighted by Gasteiger charge is -2.10. The van der Waals surface area contributed by atoms with E-state index in [1.54, 1.807) is 0 Å². The second kappa shape index (κ2) is 8.94. The van der Waals surface area contributed by atoms with Crippen molar-refractivity contribution in [3.05, 3.63) is 40.4 Å². The number of para-hydroxylation sites is 2. The summed E-state index contributed by atoms with van der Waals surface area (Å²) >= 11 is 0. The molecule has 6 nitrogen and oxygen atoms in total. The average molecular weight is 406 g/mol. The molecule has 0 spiro atoms. The second-order valence-electron chi connectivity index (χ2n) is 8.12. The molecule has 0 saturated carbocycles. The van der Waals surface area contributed by atoms with Crippen LogP contribution < -0.4 is 5.56 Å². The van der Waals surface area contributed by atoms with Gasteiger partial charge in [-0.3, -0.25) is 9.36 Å². The van der Waals surface area contributed by atoms with E-state index in [1.807, 2.05) is 35.8 Å². The monoisotopic (exact) mass is 405 g/mol. The summed E-state index contributed by atoms with van der Waals surface area (Å²) in [6.07, 6.45) is 7.89. The van der Waals surface area contributed by atoms with Gasteiger partial charge in [0.15, 0.2) is 11.3 Å². The maximum atomic E-state index is 13.5. The molecule has 0 N–H and O–H groups in total. The van der Waals surface area contributed by atoms with Gasteiger partial charge in [-0.25, -0.2) is 15.0 Å². The van der Waals surface area contributed by atoms with Crippen molar-refractivity contribution in [2.24, 2.45) is 0 Å². The van der Waals surface area contributed by atoms with Gasteiger partial charge in [-0.2, -0.15) is 0 Å². The van der Waals surface area contributed by atoms with Gasteiger partial charge in [0.25, 0.3) is 5.56 Å². The van der Waals surface area contributed by atoms with Crippen molar-refractivity contribution in [2.45, 2.75) is 78.8 Å². The fourth-order valence-electron chi connectivity index (χ4n) is 4.16. The van der Waals surface area contributed by atoms with Crippen molar-refractivity contribution in [1.29, 1.82) is 0 Å². The van der Waals surface area contributed by atoms with Crippen LogP contribution in [0.15, 0.2) is 29.1 Å². The van der Waals surface area contributed by atoms with E-state index in [-0.39, 0.29) is 5.56 Å². The van der Waals surface area contributed by atoms with E-state index in [1.165, 1.54) is 19.3 Å². The van der Waals surface area contributed by atoms with Crippen molar-refractivity contribution in [1.82, 2.24) is 24.1 Å². The molecular weight excluding hydrogens is 374 g/mol. The van der Waals surface area contributed by atoms with Gasteiger partial charge in [-0.15, -0.1) is 0 Å². The molecule has 0 amide bonds. The molecule has 0 aliphatic heterocycles. The normalized spacial score (nSPS) is 11.8. The zero-order valence-electron chi connectivity index (χ0n) is 18.3. The van der Waals surface area contributed by atoms with Crippen LogP contribution in [0.1, 0.15) is 64.6 Å². The van der Waals surface area contributed by atoms with Crippen LogP contribution in [-0.4, -0.2) is 24.1 Å². The zero-order chi connectivity index (χ0) is 21.1. The Morgan fingerprint density at radius 1 is 0.767 bits per heavy atom. The lowest BCUT2D eigenvalue weighted by atomic mass is 10.1. The van der Waals surface area contributed by atoms with Crippen molar-refractivity contribution < 1.29 is 0 Å². The summed E-state index contributed by atoms with van der Waals surface area (Å²) in [5.74, 6) is 0.771. The van der Waals surface area contributed by atoms with Crippen LogP contribution in [-0.2, 0) is 13.1 Å². The lowest BCUT2D eigenvalue weighted by Crippen LogP contribution is -2.24. The zero-order valence-corrected chi connectivity index (χ0v) is 18.3. The first-order valence-electron chi connectivity index (χ1n) is 11.3. The number of rotatable bonds is 9. The van der Waals surface area contributed by atoms with E-state index in [0.717, 1.165) is 60.4 Å². The molecule has 0 aliphatic carbocycles. The Morgan fingerprint density at radius 3 is 2.17 bits per heavy atom. The topological polar surface area (TPSA) is 65.6 Å². The van der Waals surface area contributed by atoms with Crippen molar-refractivity contribution in [3.63, 3.8) is 0 Å². The number of unbranched alkanes of at least 4 members (excludes halogenated alkanes) is 5. The van der Waals surface area contributed by atoms with Gasteiger partial charge in [0, 0.05) is 13.1 Å². The molecule has 0 radical (unpaired) electrons. The van der Waals surface area contributed by atoms with E-state index < -0.39 is 0 Å². The van der Waals surface area contributed by atoms with Crippen LogP contribution in [0.3, 0.4) is 0 Å². The van der Waals surface area contributed by atoms with Crippen LogP contribution in [0, 0.1) is 6.92 Å². The summed E-state index contributed by atoms with van der Waals surface area (Å²) in [6, 6.07) is 7.84. The minimum absolute atomic E-state index is 0.0119. The molecule has 4 aromatic rings. The fraction of sp³-hybridized carbons (Fsp3) is 0.500. The molecule has 0 aliphatic rings. The molecule has 0 unspecified atom stereocenters. The molecule has 0 saturated heterocycles. The first-order valence-corrected chi connectivity index (χ1v) is 11.3. The van der Waals surface area contributed by atoms with Crippen molar-refractivity contribution in [2.75, 3.05) is 0 Å². The van der Waals surface area contributed by atoms with Crippen LogP contribution in [0.2, 0.25) is 0 Å². The smallest absolute Gasteiger partial charge is 0.265 e. The van der Waals surface area contributed by atoms with E-state index in [9.17, 15) is 4.79 Å². The first kappa shape index (κ1) is 20.5. The van der Waals surface area contributed by atoms with Gasteiger partial charge in [-0.1, -0.05) is 58.1 Å². The van der Waals surface area contributed by atoms with E-state index >= 15 is 0 Å². The minimum atomic E-state index is 0.0119. The molecule has 158 valence electrons. The largest absolute Gasteiger partial charge is 0.308 e. The Balaban J connectivity index is 1.89. The molecule has 6 heteroatoms. The Labute approximate surface area is 177 Å². The summed E-state index contributed by atoms with van der Waals surface area (Å²) in [5.41, 5.74) is 3.83. The number of hydrogen-bond donors (Lipinski definition) is 0. The fourth-order valence-corrected chi connectivity index (χ4v) is 4.16. The van der Waals surface area contributed by atoms with E-state index in [4.69, 9.17) is 15.0 Å². The van der Waals surface area contributed by atoms with Crippen LogP contribution in [0.4, 0.5) is 0 Å². The maximum absolute atomic E-state index is 13.5. The predicted octanol–water partition coefficient (Wildman–Crippen LogP) is 5.37. The molecule has 0 atom stereocenters. The van der Waals surface area contributed by atoms with Gasteiger partial charge >= 0.3 is 0 Å². The summed E-state index contributed by atoms with van der Waals surface area (Å²) in [6.45, 7) is 7.81. The van der Waals surface area contributed by atoms with Crippen molar-refractivity contribution in [3.8, 4) is 0 Å².